The van der Waals surface area contributed by atoms with E-state index in [-0.39, 0.29) is 30.4 Å². The molecule has 0 radical (unpaired) electrons. The molecule has 0 aromatic heterocycles. The molecule has 1 heterocycles. The van der Waals surface area contributed by atoms with E-state index in [0.29, 0.717) is 32.6 Å². The first-order valence-corrected chi connectivity index (χ1v) is 16.9. The number of rotatable bonds is 18. The van der Waals surface area contributed by atoms with E-state index in [1.54, 1.807) is 9.80 Å². The molecule has 48 heavy (non-hydrogen) atoms. The predicted molar refractivity (Wildman–Crippen MR) is 182 cm³/mol. The van der Waals surface area contributed by atoms with Crippen LogP contribution in [0.25, 0.3) is 0 Å². The number of halogens is 2. The Hall–Kier alpha value is -4.15. The number of aliphatic hydroxyl groups is 1. The van der Waals surface area contributed by atoms with Crippen molar-refractivity contribution in [1.29, 1.82) is 0 Å². The van der Waals surface area contributed by atoms with E-state index in [0.717, 1.165) is 55.0 Å². The van der Waals surface area contributed by atoms with Gasteiger partial charge in [-0.2, -0.15) is 0 Å². The van der Waals surface area contributed by atoms with Crippen LogP contribution in [0.5, 0.6) is 0 Å². The quantitative estimate of drug-likeness (QED) is 0.138. The van der Waals surface area contributed by atoms with Gasteiger partial charge in [0.05, 0.1) is 18.1 Å². The van der Waals surface area contributed by atoms with Gasteiger partial charge in [-0.05, 0) is 54.0 Å². The van der Waals surface area contributed by atoms with Crippen molar-refractivity contribution >= 4 is 18.2 Å². The van der Waals surface area contributed by atoms with Crippen molar-refractivity contribution in [1.82, 2.24) is 20.4 Å². The number of benzene rings is 3. The summed E-state index contributed by atoms with van der Waals surface area (Å²) < 4.78 is 28.5. The van der Waals surface area contributed by atoms with Crippen LogP contribution in [0.2, 0.25) is 0 Å². The van der Waals surface area contributed by atoms with Gasteiger partial charge < -0.3 is 25.5 Å². The van der Waals surface area contributed by atoms with Crippen molar-refractivity contribution in [3.63, 3.8) is 0 Å². The van der Waals surface area contributed by atoms with Gasteiger partial charge in [0.25, 0.3) is 0 Å². The minimum Gasteiger partial charge on any atom is -0.389 e. The number of amides is 3. The van der Waals surface area contributed by atoms with Gasteiger partial charge in [-0.25, -0.2) is 8.78 Å². The third-order valence-electron chi connectivity index (χ3n) is 9.05. The van der Waals surface area contributed by atoms with Crippen LogP contribution in [0.4, 0.5) is 8.78 Å². The fraction of sp³-hybridized carbons (Fsp3) is 0.447. The molecule has 3 aromatic rings. The number of carbonyl (C=O) groups is 3. The number of carbonyl (C=O) groups excluding carboxylic acids is 3. The van der Waals surface area contributed by atoms with E-state index in [4.69, 9.17) is 0 Å². The molecule has 3 N–H and O–H groups in total. The lowest BCUT2D eigenvalue weighted by Crippen LogP contribution is -2.64. The summed E-state index contributed by atoms with van der Waals surface area (Å²) >= 11 is 0. The molecule has 1 fully saturated rings. The second-order valence-corrected chi connectivity index (χ2v) is 12.8. The number of nitrogens with one attached hydrogen (secondary N) is 2. The van der Waals surface area contributed by atoms with Crippen molar-refractivity contribution in [3.05, 3.63) is 107 Å². The van der Waals surface area contributed by atoms with Gasteiger partial charge in [0.2, 0.25) is 18.2 Å². The van der Waals surface area contributed by atoms with Crippen LogP contribution >= 0.6 is 0 Å². The molecule has 5 atom stereocenters. The van der Waals surface area contributed by atoms with Crippen LogP contribution in [-0.4, -0.2) is 77.5 Å². The normalized spacial score (nSPS) is 17.3. The van der Waals surface area contributed by atoms with Gasteiger partial charge in [-0.15, -0.1) is 0 Å². The average molecular weight is 663 g/mol. The Balaban J connectivity index is 1.60. The zero-order valence-corrected chi connectivity index (χ0v) is 27.9. The second kappa shape index (κ2) is 18.4. The summed E-state index contributed by atoms with van der Waals surface area (Å²) in [5.74, 6) is -3.19. The lowest BCUT2D eigenvalue weighted by molar-refractivity contribution is -0.141. The molecule has 0 aliphatic carbocycles. The standard InChI is InChI=1S/C38H48F2N4O4/c1-3-4-11-17-43(26-45)25-33(27(2)19-28-12-7-5-8-13-28)37(47)42-34(22-30-20-31(39)23-32(40)21-30)36(46)35-38(48)44(18-16-41-35)24-29-14-9-6-10-15-29/h5-10,12-15,20-21,23,26-27,33-36,41,46H,3-4,11,16-19,22,24-25H2,1-2H3,(H,42,47). The van der Waals surface area contributed by atoms with Crippen LogP contribution < -0.4 is 10.6 Å². The fourth-order valence-corrected chi connectivity index (χ4v) is 6.39. The zero-order chi connectivity index (χ0) is 34.5. The minimum atomic E-state index is -1.43. The molecule has 1 saturated heterocycles. The summed E-state index contributed by atoms with van der Waals surface area (Å²) in [5.41, 5.74) is 2.20. The molecule has 0 saturated carbocycles. The van der Waals surface area contributed by atoms with Gasteiger partial charge in [-0.3, -0.25) is 14.4 Å². The molecule has 1 aliphatic rings. The fourth-order valence-electron chi connectivity index (χ4n) is 6.39. The molecule has 1 aliphatic heterocycles. The third-order valence-corrected chi connectivity index (χ3v) is 9.05. The van der Waals surface area contributed by atoms with Gasteiger partial charge in [-0.1, -0.05) is 87.4 Å². The van der Waals surface area contributed by atoms with Crippen molar-refractivity contribution < 1.29 is 28.3 Å². The highest BCUT2D eigenvalue weighted by Gasteiger charge is 2.39. The Morgan fingerprint density at radius 1 is 1.00 bits per heavy atom. The van der Waals surface area contributed by atoms with Crippen molar-refractivity contribution in [2.24, 2.45) is 11.8 Å². The summed E-state index contributed by atoms with van der Waals surface area (Å²) in [4.78, 5) is 43.3. The Morgan fingerprint density at radius 3 is 2.27 bits per heavy atom. The SMILES string of the molecule is CCCCCN(C=O)CC(C(=O)NC(Cc1cc(F)cc(F)c1)C(O)C1NCCN(Cc2ccccc2)C1=O)C(C)Cc1ccccc1. The third kappa shape index (κ3) is 10.7. The van der Waals surface area contributed by atoms with E-state index in [1.165, 1.54) is 0 Å². The maximum Gasteiger partial charge on any atom is 0.242 e. The minimum absolute atomic E-state index is 0.126. The molecule has 10 heteroatoms. The maximum absolute atomic E-state index is 14.3. The Kier molecular flexibility index (Phi) is 14.1. The first kappa shape index (κ1) is 36.7. The Labute approximate surface area is 282 Å². The van der Waals surface area contributed by atoms with E-state index in [2.05, 4.69) is 17.6 Å². The van der Waals surface area contributed by atoms with Crippen LogP contribution in [0.15, 0.2) is 78.9 Å². The Morgan fingerprint density at radius 2 is 1.65 bits per heavy atom. The van der Waals surface area contributed by atoms with Crippen molar-refractivity contribution in [3.8, 4) is 0 Å². The molecule has 0 spiro atoms. The molecule has 8 nitrogen and oxygen atoms in total. The first-order chi connectivity index (χ1) is 23.2. The van der Waals surface area contributed by atoms with Gasteiger partial charge in [0.15, 0.2) is 0 Å². The number of unbranched alkanes of at least 4 members (excludes halogenated alkanes) is 2. The summed E-state index contributed by atoms with van der Waals surface area (Å²) in [5, 5.41) is 17.9. The van der Waals surface area contributed by atoms with E-state index >= 15 is 0 Å². The number of piperazine rings is 1. The summed E-state index contributed by atoms with van der Waals surface area (Å²) in [7, 11) is 0. The highest BCUT2D eigenvalue weighted by atomic mass is 19.1. The summed E-state index contributed by atoms with van der Waals surface area (Å²) in [6, 6.07) is 20.2. The number of hydrogen-bond acceptors (Lipinski definition) is 5. The molecule has 3 aromatic carbocycles. The largest absolute Gasteiger partial charge is 0.389 e. The second-order valence-electron chi connectivity index (χ2n) is 12.8. The monoisotopic (exact) mass is 662 g/mol. The first-order valence-electron chi connectivity index (χ1n) is 16.9. The van der Waals surface area contributed by atoms with E-state index in [9.17, 15) is 28.3 Å². The molecule has 4 rings (SSSR count). The van der Waals surface area contributed by atoms with Crippen molar-refractivity contribution in [2.45, 2.75) is 70.7 Å². The molecular formula is C38H48F2N4O4. The van der Waals surface area contributed by atoms with E-state index in [1.807, 2.05) is 67.6 Å². The lowest BCUT2D eigenvalue weighted by atomic mass is 9.86. The summed E-state index contributed by atoms with van der Waals surface area (Å²) in [6.45, 7) is 5.90. The summed E-state index contributed by atoms with van der Waals surface area (Å²) in [6.07, 6.45) is 2.51. The van der Waals surface area contributed by atoms with E-state index < -0.39 is 41.6 Å². The maximum atomic E-state index is 14.3. The molecule has 5 unspecified atom stereocenters. The number of aliphatic hydroxyl groups excluding tert-OH is 1. The van der Waals surface area contributed by atoms with Crippen molar-refractivity contribution in [2.75, 3.05) is 26.2 Å². The van der Waals surface area contributed by atoms with Crippen LogP contribution in [0.3, 0.4) is 0 Å². The van der Waals surface area contributed by atoms with Gasteiger partial charge in [0, 0.05) is 38.8 Å². The Bertz CT molecular complexity index is 1440. The van der Waals surface area contributed by atoms with Crippen LogP contribution in [0, 0.1) is 23.5 Å². The highest BCUT2D eigenvalue weighted by molar-refractivity contribution is 5.84. The zero-order valence-electron chi connectivity index (χ0n) is 27.9. The number of hydrogen-bond donors (Lipinski definition) is 3. The molecule has 0 bridgehead atoms. The molecule has 258 valence electrons. The van der Waals surface area contributed by atoms with Crippen LogP contribution in [-0.2, 0) is 33.8 Å². The predicted octanol–water partition coefficient (Wildman–Crippen LogP) is 4.50. The lowest BCUT2D eigenvalue weighted by Gasteiger charge is -2.38. The average Bonchev–Trinajstić information content (AvgIpc) is 3.07. The number of nitrogens with zero attached hydrogens (tertiary/aromatic N) is 2. The van der Waals surface area contributed by atoms with Crippen LogP contribution in [0.1, 0.15) is 49.8 Å². The molecular weight excluding hydrogens is 614 g/mol. The molecule has 3 amide bonds. The van der Waals surface area contributed by atoms with Gasteiger partial charge >= 0.3 is 0 Å². The topological polar surface area (TPSA) is 102 Å². The van der Waals surface area contributed by atoms with Gasteiger partial charge in [0.1, 0.15) is 17.7 Å². The smallest absolute Gasteiger partial charge is 0.242 e. The highest BCUT2D eigenvalue weighted by Crippen LogP contribution is 2.22.